The van der Waals surface area contributed by atoms with E-state index in [2.05, 4.69) is 22.0 Å². The molecule has 0 saturated heterocycles. The van der Waals surface area contributed by atoms with Crippen LogP contribution in [-0.4, -0.2) is 42.3 Å². The third-order valence-electron chi connectivity index (χ3n) is 3.78. The van der Waals surface area contributed by atoms with Crippen LogP contribution in [0, 0.1) is 5.92 Å². The smallest absolute Gasteiger partial charge is 0.171 e. The third kappa shape index (κ3) is 3.39. The fourth-order valence-electron chi connectivity index (χ4n) is 2.31. The van der Waals surface area contributed by atoms with Crippen molar-refractivity contribution < 1.29 is 9.94 Å². The molecule has 1 aliphatic carbocycles. The maximum Gasteiger partial charge on any atom is 0.171 e. The number of nitrogens with two attached hydrogens (primary N) is 1. The van der Waals surface area contributed by atoms with Crippen molar-refractivity contribution in [2.45, 2.75) is 25.8 Å². The number of hydrogen-bond donors (Lipinski definition) is 2. The predicted molar refractivity (Wildman–Crippen MR) is 78.2 cm³/mol. The van der Waals surface area contributed by atoms with E-state index in [9.17, 15) is 0 Å². The standard InChI is InChI=1S/C14H22N4O2/c1-10(11-3-4-11)18(7-8-20-2)13-6-5-12(9-16-13)14(15)17-19/h5-6,9-11,19H,3-4,7-8H2,1-2H3,(H2,15,17). The summed E-state index contributed by atoms with van der Waals surface area (Å²) in [6.07, 6.45) is 4.20. The first-order valence-electron chi connectivity index (χ1n) is 6.87. The lowest BCUT2D eigenvalue weighted by Gasteiger charge is -2.30. The Morgan fingerprint density at radius 2 is 2.35 bits per heavy atom. The van der Waals surface area contributed by atoms with Gasteiger partial charge in [0, 0.05) is 31.5 Å². The first kappa shape index (κ1) is 14.6. The van der Waals surface area contributed by atoms with E-state index < -0.39 is 0 Å². The number of pyridine rings is 1. The fourth-order valence-corrected chi connectivity index (χ4v) is 2.31. The molecule has 1 saturated carbocycles. The van der Waals surface area contributed by atoms with Crippen LogP contribution in [0.4, 0.5) is 5.82 Å². The van der Waals surface area contributed by atoms with Crippen molar-refractivity contribution >= 4 is 11.7 Å². The van der Waals surface area contributed by atoms with E-state index in [-0.39, 0.29) is 5.84 Å². The van der Waals surface area contributed by atoms with Crippen molar-refractivity contribution in [1.29, 1.82) is 0 Å². The number of anilines is 1. The highest BCUT2D eigenvalue weighted by molar-refractivity contribution is 5.96. The van der Waals surface area contributed by atoms with E-state index in [0.29, 0.717) is 18.2 Å². The van der Waals surface area contributed by atoms with E-state index in [1.807, 2.05) is 12.1 Å². The summed E-state index contributed by atoms with van der Waals surface area (Å²) in [5, 5.41) is 11.6. The molecule has 20 heavy (non-hydrogen) atoms. The molecule has 0 bridgehead atoms. The maximum atomic E-state index is 8.66. The van der Waals surface area contributed by atoms with Crippen LogP contribution >= 0.6 is 0 Å². The number of ether oxygens (including phenoxy) is 1. The van der Waals surface area contributed by atoms with Crippen LogP contribution in [0.15, 0.2) is 23.5 Å². The minimum atomic E-state index is 0.0720. The Balaban J connectivity index is 2.14. The van der Waals surface area contributed by atoms with Crippen LogP contribution in [0.5, 0.6) is 0 Å². The predicted octanol–water partition coefficient (Wildman–Crippen LogP) is 1.43. The van der Waals surface area contributed by atoms with Gasteiger partial charge in [0.2, 0.25) is 0 Å². The van der Waals surface area contributed by atoms with Gasteiger partial charge in [0.1, 0.15) is 5.82 Å². The van der Waals surface area contributed by atoms with Crippen LogP contribution < -0.4 is 10.6 Å². The largest absolute Gasteiger partial charge is 0.409 e. The second kappa shape index (κ2) is 6.56. The molecular formula is C14H22N4O2. The molecule has 1 aromatic heterocycles. The second-order valence-electron chi connectivity index (χ2n) is 5.15. The molecule has 0 radical (unpaired) electrons. The SMILES string of the molecule is COCCN(c1ccc(C(N)=NO)cn1)C(C)C1CC1. The molecular weight excluding hydrogens is 256 g/mol. The maximum absolute atomic E-state index is 8.66. The average Bonchev–Trinajstić information content (AvgIpc) is 3.32. The van der Waals surface area contributed by atoms with Gasteiger partial charge < -0.3 is 20.6 Å². The van der Waals surface area contributed by atoms with Gasteiger partial charge >= 0.3 is 0 Å². The van der Waals surface area contributed by atoms with E-state index in [1.54, 1.807) is 13.3 Å². The molecule has 1 aliphatic rings. The van der Waals surface area contributed by atoms with Crippen LogP contribution in [0.25, 0.3) is 0 Å². The molecule has 1 fully saturated rings. The zero-order valence-corrected chi connectivity index (χ0v) is 12.0. The zero-order chi connectivity index (χ0) is 14.5. The molecule has 6 nitrogen and oxygen atoms in total. The fraction of sp³-hybridized carbons (Fsp3) is 0.571. The van der Waals surface area contributed by atoms with Gasteiger partial charge in [-0.15, -0.1) is 0 Å². The van der Waals surface area contributed by atoms with Crippen molar-refractivity contribution in [3.63, 3.8) is 0 Å². The molecule has 1 unspecified atom stereocenters. The Bertz CT molecular complexity index is 457. The topological polar surface area (TPSA) is 84.0 Å². The van der Waals surface area contributed by atoms with Gasteiger partial charge in [-0.25, -0.2) is 4.98 Å². The lowest BCUT2D eigenvalue weighted by atomic mass is 10.1. The normalized spacial score (nSPS) is 17.0. The summed E-state index contributed by atoms with van der Waals surface area (Å²) in [7, 11) is 1.70. The number of methoxy groups -OCH3 is 1. The highest BCUT2D eigenvalue weighted by atomic mass is 16.5. The average molecular weight is 278 g/mol. The van der Waals surface area contributed by atoms with Crippen LogP contribution in [-0.2, 0) is 4.74 Å². The number of nitrogens with zero attached hydrogens (tertiary/aromatic N) is 3. The number of rotatable bonds is 7. The quantitative estimate of drug-likeness (QED) is 0.341. The van der Waals surface area contributed by atoms with Gasteiger partial charge in [0.15, 0.2) is 5.84 Å². The molecule has 110 valence electrons. The van der Waals surface area contributed by atoms with Gasteiger partial charge in [-0.1, -0.05) is 5.16 Å². The number of amidine groups is 1. The molecule has 1 atom stereocenters. The lowest BCUT2D eigenvalue weighted by Crippen LogP contribution is -2.37. The molecule has 1 aromatic rings. The van der Waals surface area contributed by atoms with Gasteiger partial charge in [-0.2, -0.15) is 0 Å². The summed E-state index contributed by atoms with van der Waals surface area (Å²) >= 11 is 0. The minimum absolute atomic E-state index is 0.0720. The minimum Gasteiger partial charge on any atom is -0.409 e. The highest BCUT2D eigenvalue weighted by Crippen LogP contribution is 2.36. The summed E-state index contributed by atoms with van der Waals surface area (Å²) in [4.78, 5) is 6.69. The van der Waals surface area contributed by atoms with Gasteiger partial charge in [-0.3, -0.25) is 0 Å². The van der Waals surface area contributed by atoms with Crippen molar-refractivity contribution in [3.05, 3.63) is 23.9 Å². The summed E-state index contributed by atoms with van der Waals surface area (Å²) in [5.74, 6) is 1.72. The first-order chi connectivity index (χ1) is 9.67. The van der Waals surface area contributed by atoms with E-state index >= 15 is 0 Å². The van der Waals surface area contributed by atoms with Crippen LogP contribution in [0.1, 0.15) is 25.3 Å². The van der Waals surface area contributed by atoms with Crippen LogP contribution in [0.3, 0.4) is 0 Å². The molecule has 6 heteroatoms. The third-order valence-corrected chi connectivity index (χ3v) is 3.78. The van der Waals surface area contributed by atoms with Gasteiger partial charge in [-0.05, 0) is 37.8 Å². The van der Waals surface area contributed by atoms with Gasteiger partial charge in [0.05, 0.1) is 6.61 Å². The summed E-state index contributed by atoms with van der Waals surface area (Å²) in [6.45, 7) is 3.71. The van der Waals surface area contributed by atoms with Crippen molar-refractivity contribution in [2.24, 2.45) is 16.8 Å². The second-order valence-corrected chi connectivity index (χ2v) is 5.15. The van der Waals surface area contributed by atoms with Crippen molar-refractivity contribution in [1.82, 2.24) is 4.98 Å². The summed E-state index contributed by atoms with van der Waals surface area (Å²) in [5.41, 5.74) is 6.16. The molecule has 0 aliphatic heterocycles. The van der Waals surface area contributed by atoms with E-state index in [1.165, 1.54) is 12.8 Å². The number of oxime groups is 1. The number of aromatic nitrogens is 1. The van der Waals surface area contributed by atoms with E-state index in [0.717, 1.165) is 18.3 Å². The lowest BCUT2D eigenvalue weighted by molar-refractivity contribution is 0.202. The Morgan fingerprint density at radius 3 is 2.85 bits per heavy atom. The molecule has 0 amide bonds. The number of hydrogen-bond acceptors (Lipinski definition) is 5. The Labute approximate surface area is 119 Å². The van der Waals surface area contributed by atoms with Crippen molar-refractivity contribution in [3.8, 4) is 0 Å². The molecule has 0 aromatic carbocycles. The zero-order valence-electron chi connectivity index (χ0n) is 12.0. The Hall–Kier alpha value is -1.82. The highest BCUT2D eigenvalue weighted by Gasteiger charge is 2.32. The molecule has 2 rings (SSSR count). The monoisotopic (exact) mass is 278 g/mol. The molecule has 0 spiro atoms. The Kier molecular flexibility index (Phi) is 4.79. The van der Waals surface area contributed by atoms with E-state index in [4.69, 9.17) is 15.7 Å². The molecule has 1 heterocycles. The summed E-state index contributed by atoms with van der Waals surface area (Å²) in [6, 6.07) is 4.17. The first-order valence-corrected chi connectivity index (χ1v) is 6.87. The van der Waals surface area contributed by atoms with Crippen LogP contribution in [0.2, 0.25) is 0 Å². The van der Waals surface area contributed by atoms with Crippen molar-refractivity contribution in [2.75, 3.05) is 25.2 Å². The summed E-state index contributed by atoms with van der Waals surface area (Å²) < 4.78 is 5.18. The molecule has 3 N–H and O–H groups in total. The Morgan fingerprint density at radius 1 is 1.60 bits per heavy atom. The van der Waals surface area contributed by atoms with Gasteiger partial charge in [0.25, 0.3) is 0 Å².